The van der Waals surface area contributed by atoms with E-state index in [4.69, 9.17) is 69.6 Å². The first-order chi connectivity index (χ1) is 10.4. The lowest BCUT2D eigenvalue weighted by Gasteiger charge is -2.34. The topological polar surface area (TPSA) is 0 Å². The molecule has 0 nitrogen and oxygen atoms in total. The van der Waals surface area contributed by atoms with Gasteiger partial charge in [0.1, 0.15) is 9.75 Å². The standard InChI is InChI=1S/C13H4Br4Cl6/c14-5-1-3(6(15)8(17)7(5)16)4-2-11(20)9(18)10(19)12(4,21)13(11,22)23/h1,4H,2H2/t4-,11-,12-/m0/s1. The highest BCUT2D eigenvalue weighted by molar-refractivity contribution is 9.15. The van der Waals surface area contributed by atoms with Gasteiger partial charge in [-0.25, -0.2) is 0 Å². The number of fused-ring (bicyclic) bond motifs is 2. The van der Waals surface area contributed by atoms with Crippen LogP contribution in [0, 0.1) is 0 Å². The Labute approximate surface area is 197 Å². The van der Waals surface area contributed by atoms with E-state index < -0.39 is 14.1 Å². The van der Waals surface area contributed by atoms with E-state index in [1.54, 1.807) is 0 Å². The predicted octanol–water partition coefficient (Wildman–Crippen LogP) is 9.06. The van der Waals surface area contributed by atoms with Gasteiger partial charge in [-0.15, -0.1) is 23.2 Å². The van der Waals surface area contributed by atoms with E-state index >= 15 is 0 Å². The number of hydrogen-bond donors (Lipinski definition) is 0. The van der Waals surface area contributed by atoms with Crippen molar-refractivity contribution in [3.05, 3.63) is 39.6 Å². The normalized spacial score (nSPS) is 35.3. The Bertz CT molecular complexity index is 763. The van der Waals surface area contributed by atoms with Gasteiger partial charge in [-0.3, -0.25) is 0 Å². The van der Waals surface area contributed by atoms with Crippen LogP contribution in [0.1, 0.15) is 17.9 Å². The minimum atomic E-state index is -1.53. The summed E-state index contributed by atoms with van der Waals surface area (Å²) in [6.07, 6.45) is 0.360. The maximum absolute atomic E-state index is 6.85. The number of benzene rings is 1. The molecule has 0 spiro atoms. The van der Waals surface area contributed by atoms with Crippen LogP contribution in [0.15, 0.2) is 34.0 Å². The maximum atomic E-state index is 6.85. The van der Waals surface area contributed by atoms with Crippen LogP contribution < -0.4 is 0 Å². The average Bonchev–Trinajstić information content (AvgIpc) is 2.71. The summed E-state index contributed by atoms with van der Waals surface area (Å²) in [5.41, 5.74) is 0.873. The second-order valence-corrected chi connectivity index (χ2v) is 11.9. The third kappa shape index (κ3) is 2.46. The SMILES string of the molecule is ClC1=C(Cl)[C@@]2(Cl)C[C@@H](c3cc(Br)c(Br)c(Br)c3Br)[C@@]1(Cl)C2(Cl)Cl. The molecule has 0 heterocycles. The van der Waals surface area contributed by atoms with Gasteiger partial charge in [0.25, 0.3) is 0 Å². The van der Waals surface area contributed by atoms with E-state index in [-0.39, 0.29) is 16.0 Å². The van der Waals surface area contributed by atoms with Crippen LogP contribution in [0.25, 0.3) is 0 Å². The zero-order valence-corrected chi connectivity index (χ0v) is 21.5. The van der Waals surface area contributed by atoms with Crippen LogP contribution in [0.4, 0.5) is 0 Å². The molecule has 3 rings (SSSR count). The monoisotopic (exact) mass is 686 g/mol. The molecule has 0 amide bonds. The van der Waals surface area contributed by atoms with Crippen LogP contribution in [-0.2, 0) is 0 Å². The quantitative estimate of drug-likeness (QED) is 0.157. The average molecular weight is 693 g/mol. The third-order valence-corrected chi connectivity index (χ3v) is 13.3. The third-order valence-electron chi connectivity index (χ3n) is 4.29. The highest BCUT2D eigenvalue weighted by Crippen LogP contribution is 2.76. The fourth-order valence-corrected chi connectivity index (χ4v) is 8.18. The van der Waals surface area contributed by atoms with Gasteiger partial charge in [0, 0.05) is 23.8 Å². The summed E-state index contributed by atoms with van der Waals surface area (Å²) in [6, 6.07) is 1.93. The molecule has 0 unspecified atom stereocenters. The number of allylic oxidation sites excluding steroid dienone is 2. The van der Waals surface area contributed by atoms with Crippen LogP contribution in [0.2, 0.25) is 0 Å². The summed E-state index contributed by atoms with van der Waals surface area (Å²) in [7, 11) is 0. The molecule has 126 valence electrons. The van der Waals surface area contributed by atoms with E-state index in [2.05, 4.69) is 63.7 Å². The molecule has 2 aliphatic rings. The van der Waals surface area contributed by atoms with Gasteiger partial charge in [0.05, 0.1) is 10.1 Å². The minimum absolute atomic E-state index is 0.194. The molecule has 23 heavy (non-hydrogen) atoms. The number of halogens is 10. The zero-order valence-electron chi connectivity index (χ0n) is 10.6. The lowest BCUT2D eigenvalue weighted by molar-refractivity contribution is 0.598. The van der Waals surface area contributed by atoms with E-state index in [0.717, 1.165) is 23.5 Å². The molecule has 1 aromatic carbocycles. The second-order valence-electron chi connectivity index (χ2n) is 5.36. The van der Waals surface area contributed by atoms with Gasteiger partial charge >= 0.3 is 0 Å². The molecule has 10 heteroatoms. The number of alkyl halides is 4. The lowest BCUT2D eigenvalue weighted by atomic mass is 9.86. The molecule has 0 radical (unpaired) electrons. The smallest absolute Gasteiger partial charge is 0.110 e. The van der Waals surface area contributed by atoms with Crippen molar-refractivity contribution in [1.82, 2.24) is 0 Å². The summed E-state index contributed by atoms with van der Waals surface area (Å²) in [4.78, 5) is -2.54. The lowest BCUT2D eigenvalue weighted by Crippen LogP contribution is -2.43. The van der Waals surface area contributed by atoms with E-state index in [1.807, 2.05) is 6.07 Å². The van der Waals surface area contributed by atoms with Gasteiger partial charge in [-0.2, -0.15) is 0 Å². The van der Waals surface area contributed by atoms with Crippen molar-refractivity contribution >= 4 is 133 Å². The van der Waals surface area contributed by atoms with Crippen molar-refractivity contribution in [2.75, 3.05) is 0 Å². The van der Waals surface area contributed by atoms with E-state index in [0.29, 0.717) is 6.42 Å². The van der Waals surface area contributed by atoms with Gasteiger partial charge in [0.2, 0.25) is 0 Å². The Kier molecular flexibility index (Phi) is 5.59. The van der Waals surface area contributed by atoms with Gasteiger partial charge in [-0.05, 0) is 81.8 Å². The van der Waals surface area contributed by atoms with Crippen LogP contribution in [0.5, 0.6) is 0 Å². The van der Waals surface area contributed by atoms with Gasteiger partial charge in [-0.1, -0.05) is 46.4 Å². The first kappa shape index (κ1) is 20.4. The maximum Gasteiger partial charge on any atom is 0.166 e. The second kappa shape index (κ2) is 6.32. The van der Waals surface area contributed by atoms with Crippen molar-refractivity contribution in [3.63, 3.8) is 0 Å². The van der Waals surface area contributed by atoms with Gasteiger partial charge < -0.3 is 0 Å². The molecule has 2 bridgehead atoms. The summed E-state index contributed by atoms with van der Waals surface area (Å²) in [6.45, 7) is 0. The first-order valence-electron chi connectivity index (χ1n) is 6.06. The summed E-state index contributed by atoms with van der Waals surface area (Å²) < 4.78 is 1.82. The molecule has 0 aromatic heterocycles. The molecule has 1 saturated carbocycles. The molecular weight excluding hydrogens is 688 g/mol. The van der Waals surface area contributed by atoms with Crippen molar-refractivity contribution in [3.8, 4) is 0 Å². The van der Waals surface area contributed by atoms with Crippen molar-refractivity contribution < 1.29 is 0 Å². The number of hydrogen-bond acceptors (Lipinski definition) is 0. The Balaban J connectivity index is 2.27. The van der Waals surface area contributed by atoms with Crippen LogP contribution in [0.3, 0.4) is 0 Å². The largest absolute Gasteiger partial charge is 0.166 e. The molecule has 0 N–H and O–H groups in total. The Morgan fingerprint density at radius 1 is 0.870 bits per heavy atom. The summed E-state index contributed by atoms with van der Waals surface area (Å²) in [5, 5.41) is 0.405. The highest BCUT2D eigenvalue weighted by atomic mass is 79.9. The molecule has 0 aliphatic heterocycles. The van der Waals surface area contributed by atoms with Crippen molar-refractivity contribution in [2.45, 2.75) is 26.4 Å². The van der Waals surface area contributed by atoms with E-state index in [1.165, 1.54) is 0 Å². The van der Waals surface area contributed by atoms with Crippen LogP contribution >= 0.6 is 133 Å². The Morgan fingerprint density at radius 3 is 1.91 bits per heavy atom. The molecule has 1 aromatic rings. The van der Waals surface area contributed by atoms with Crippen LogP contribution in [-0.4, -0.2) is 14.1 Å². The molecule has 3 atom stereocenters. The van der Waals surface area contributed by atoms with Crippen molar-refractivity contribution in [2.24, 2.45) is 0 Å². The fraction of sp³-hybridized carbons (Fsp3) is 0.385. The zero-order chi connectivity index (χ0) is 17.5. The van der Waals surface area contributed by atoms with Crippen molar-refractivity contribution in [1.29, 1.82) is 0 Å². The fourth-order valence-electron chi connectivity index (χ4n) is 3.08. The van der Waals surface area contributed by atoms with Gasteiger partial charge in [0.15, 0.2) is 4.33 Å². The molecule has 0 saturated heterocycles. The molecule has 1 fully saturated rings. The highest BCUT2D eigenvalue weighted by Gasteiger charge is 2.78. The Hall–Kier alpha value is 2.62. The summed E-state index contributed by atoms with van der Waals surface area (Å²) in [5.74, 6) is -0.332. The predicted molar refractivity (Wildman–Crippen MR) is 115 cm³/mol. The minimum Gasteiger partial charge on any atom is -0.110 e. The summed E-state index contributed by atoms with van der Waals surface area (Å²) >= 11 is 53.4. The molecule has 2 aliphatic carbocycles. The number of rotatable bonds is 1. The van der Waals surface area contributed by atoms with E-state index in [9.17, 15) is 0 Å². The Morgan fingerprint density at radius 2 is 1.43 bits per heavy atom. The molecular formula is C13H4Br4Cl6. The first-order valence-corrected chi connectivity index (χ1v) is 11.5.